The lowest BCUT2D eigenvalue weighted by atomic mass is 9.99. The first kappa shape index (κ1) is 21.4. The van der Waals surface area contributed by atoms with Gasteiger partial charge in [0.2, 0.25) is 11.8 Å². The quantitative estimate of drug-likeness (QED) is 0.710. The van der Waals surface area contributed by atoms with Gasteiger partial charge in [0.1, 0.15) is 0 Å². The van der Waals surface area contributed by atoms with Crippen LogP contribution < -0.4 is 16.4 Å². The van der Waals surface area contributed by atoms with Crippen molar-refractivity contribution in [3.63, 3.8) is 0 Å². The van der Waals surface area contributed by atoms with Crippen LogP contribution >= 0.6 is 12.4 Å². The molecular formula is C17H28ClN3O2. The fourth-order valence-electron chi connectivity index (χ4n) is 1.96. The summed E-state index contributed by atoms with van der Waals surface area (Å²) in [5.41, 5.74) is 7.28. The third-order valence-corrected chi connectivity index (χ3v) is 3.59. The Labute approximate surface area is 144 Å². The normalized spacial score (nSPS) is 13.0. The summed E-state index contributed by atoms with van der Waals surface area (Å²) in [4.78, 5) is 23.7. The second kappa shape index (κ2) is 10.2. The molecule has 0 saturated carbocycles. The largest absolute Gasteiger partial charge is 0.326 e. The minimum Gasteiger partial charge on any atom is -0.326 e. The molecule has 1 aromatic rings. The van der Waals surface area contributed by atoms with Crippen LogP contribution in [0.2, 0.25) is 0 Å². The third kappa shape index (κ3) is 7.48. The number of rotatable bonds is 7. The number of hydrogen-bond donors (Lipinski definition) is 3. The molecule has 1 aromatic carbocycles. The molecule has 2 amide bonds. The van der Waals surface area contributed by atoms with Crippen molar-refractivity contribution >= 4 is 35.6 Å². The molecule has 5 nitrogen and oxygen atoms in total. The first-order valence-corrected chi connectivity index (χ1v) is 7.79. The first-order chi connectivity index (χ1) is 10.3. The van der Waals surface area contributed by atoms with Crippen LogP contribution in [0.3, 0.4) is 0 Å². The number of amides is 2. The number of hydrogen-bond acceptors (Lipinski definition) is 3. The number of anilines is 2. The van der Waals surface area contributed by atoms with Crippen molar-refractivity contribution in [3.8, 4) is 0 Å². The van der Waals surface area contributed by atoms with Crippen LogP contribution in [0.5, 0.6) is 0 Å². The second-order valence-corrected chi connectivity index (χ2v) is 6.12. The van der Waals surface area contributed by atoms with E-state index in [0.717, 1.165) is 12.1 Å². The highest BCUT2D eigenvalue weighted by Gasteiger charge is 2.19. The van der Waals surface area contributed by atoms with Gasteiger partial charge in [0.15, 0.2) is 0 Å². The molecule has 2 atom stereocenters. The molecule has 4 N–H and O–H groups in total. The highest BCUT2D eigenvalue weighted by Crippen LogP contribution is 2.15. The van der Waals surface area contributed by atoms with Gasteiger partial charge in [-0.2, -0.15) is 0 Å². The van der Waals surface area contributed by atoms with E-state index in [2.05, 4.69) is 10.6 Å². The number of nitrogens with two attached hydrogens (primary N) is 1. The molecule has 0 aliphatic carbocycles. The zero-order chi connectivity index (χ0) is 16.7. The van der Waals surface area contributed by atoms with Gasteiger partial charge < -0.3 is 16.4 Å². The molecule has 0 heterocycles. The van der Waals surface area contributed by atoms with Gasteiger partial charge in [0.25, 0.3) is 0 Å². The molecule has 0 aromatic heterocycles. The lowest BCUT2D eigenvalue weighted by Gasteiger charge is -2.17. The third-order valence-electron chi connectivity index (χ3n) is 3.59. The highest BCUT2D eigenvalue weighted by molar-refractivity contribution is 5.95. The summed E-state index contributed by atoms with van der Waals surface area (Å²) in [7, 11) is 0. The van der Waals surface area contributed by atoms with Crippen molar-refractivity contribution in [2.75, 3.05) is 10.6 Å². The Bertz CT molecular complexity index is 503. The monoisotopic (exact) mass is 341 g/mol. The number of carbonyl (C=O) groups excluding carboxylic acids is 2. The van der Waals surface area contributed by atoms with Crippen LogP contribution in [-0.2, 0) is 9.59 Å². The lowest BCUT2D eigenvalue weighted by molar-refractivity contribution is -0.118. The highest BCUT2D eigenvalue weighted by atomic mass is 35.5. The first-order valence-electron chi connectivity index (χ1n) is 7.79. The molecule has 0 saturated heterocycles. The van der Waals surface area contributed by atoms with Gasteiger partial charge in [-0.1, -0.05) is 34.1 Å². The SMILES string of the molecule is CCC(C)C(N)C(=O)Nc1ccc(NC(=O)CC(C)C)cc1.Cl. The Morgan fingerprint density at radius 2 is 1.52 bits per heavy atom. The molecule has 6 heteroatoms. The Balaban J connectivity index is 0.00000484. The molecule has 0 fully saturated rings. The van der Waals surface area contributed by atoms with Crippen LogP contribution in [0.1, 0.15) is 40.5 Å². The van der Waals surface area contributed by atoms with Crippen molar-refractivity contribution in [2.24, 2.45) is 17.6 Å². The molecule has 0 aliphatic rings. The molecule has 0 bridgehead atoms. The molecular weight excluding hydrogens is 314 g/mol. The molecule has 2 unspecified atom stereocenters. The van der Waals surface area contributed by atoms with Crippen molar-refractivity contribution in [2.45, 2.75) is 46.6 Å². The van der Waals surface area contributed by atoms with Gasteiger partial charge in [0.05, 0.1) is 6.04 Å². The van der Waals surface area contributed by atoms with E-state index in [9.17, 15) is 9.59 Å². The molecule has 0 aliphatic heterocycles. The minimum atomic E-state index is -0.518. The summed E-state index contributed by atoms with van der Waals surface area (Å²) in [6, 6.07) is 6.53. The van der Waals surface area contributed by atoms with Gasteiger partial charge in [0, 0.05) is 17.8 Å². The van der Waals surface area contributed by atoms with Crippen LogP contribution in [0, 0.1) is 11.8 Å². The predicted octanol–water partition coefficient (Wildman–Crippen LogP) is 3.40. The maximum absolute atomic E-state index is 12.0. The lowest BCUT2D eigenvalue weighted by Crippen LogP contribution is -2.40. The van der Waals surface area contributed by atoms with E-state index in [1.54, 1.807) is 24.3 Å². The maximum Gasteiger partial charge on any atom is 0.241 e. The van der Waals surface area contributed by atoms with Gasteiger partial charge >= 0.3 is 0 Å². The zero-order valence-corrected chi connectivity index (χ0v) is 15.1. The predicted molar refractivity (Wildman–Crippen MR) is 97.8 cm³/mol. The van der Waals surface area contributed by atoms with Gasteiger partial charge in [-0.25, -0.2) is 0 Å². The van der Waals surface area contributed by atoms with E-state index < -0.39 is 6.04 Å². The number of halogens is 1. The maximum atomic E-state index is 12.0. The van der Waals surface area contributed by atoms with Gasteiger partial charge in [-0.3, -0.25) is 9.59 Å². The van der Waals surface area contributed by atoms with E-state index in [1.165, 1.54) is 0 Å². The van der Waals surface area contributed by atoms with E-state index in [4.69, 9.17) is 5.73 Å². The van der Waals surface area contributed by atoms with E-state index in [1.807, 2.05) is 27.7 Å². The van der Waals surface area contributed by atoms with Gasteiger partial charge in [-0.15, -0.1) is 12.4 Å². The summed E-state index contributed by atoms with van der Waals surface area (Å²) in [5.74, 6) is 0.256. The Kier molecular flexibility index (Phi) is 9.53. The van der Waals surface area contributed by atoms with E-state index in [-0.39, 0.29) is 30.1 Å². The molecule has 0 spiro atoms. The van der Waals surface area contributed by atoms with Crippen molar-refractivity contribution < 1.29 is 9.59 Å². The average molecular weight is 342 g/mol. The van der Waals surface area contributed by atoms with E-state index >= 15 is 0 Å². The smallest absolute Gasteiger partial charge is 0.241 e. The fraction of sp³-hybridized carbons (Fsp3) is 0.529. The molecule has 0 radical (unpaired) electrons. The Hall–Kier alpha value is -1.59. The summed E-state index contributed by atoms with van der Waals surface area (Å²) in [6.07, 6.45) is 1.34. The molecule has 130 valence electrons. The summed E-state index contributed by atoms with van der Waals surface area (Å²) >= 11 is 0. The topological polar surface area (TPSA) is 84.2 Å². The summed E-state index contributed by atoms with van der Waals surface area (Å²) in [6.45, 7) is 7.96. The molecule has 23 heavy (non-hydrogen) atoms. The number of benzene rings is 1. The van der Waals surface area contributed by atoms with Crippen LogP contribution in [0.4, 0.5) is 11.4 Å². The van der Waals surface area contributed by atoms with Gasteiger partial charge in [-0.05, 0) is 36.1 Å². The average Bonchev–Trinajstić information content (AvgIpc) is 2.46. The van der Waals surface area contributed by atoms with Crippen molar-refractivity contribution in [1.29, 1.82) is 0 Å². The zero-order valence-electron chi connectivity index (χ0n) is 14.3. The minimum absolute atomic E-state index is 0. The summed E-state index contributed by atoms with van der Waals surface area (Å²) < 4.78 is 0. The van der Waals surface area contributed by atoms with Crippen LogP contribution in [0.25, 0.3) is 0 Å². The van der Waals surface area contributed by atoms with Crippen molar-refractivity contribution in [1.82, 2.24) is 0 Å². The molecule has 1 rings (SSSR count). The number of carbonyl (C=O) groups is 2. The fourth-order valence-corrected chi connectivity index (χ4v) is 1.96. The van der Waals surface area contributed by atoms with Crippen LogP contribution in [-0.4, -0.2) is 17.9 Å². The summed E-state index contributed by atoms with van der Waals surface area (Å²) in [5, 5.41) is 5.62. The Morgan fingerprint density at radius 1 is 1.04 bits per heavy atom. The Morgan fingerprint density at radius 3 is 1.96 bits per heavy atom. The number of nitrogens with one attached hydrogen (secondary N) is 2. The van der Waals surface area contributed by atoms with Crippen LogP contribution in [0.15, 0.2) is 24.3 Å². The standard InChI is InChI=1S/C17H27N3O2.ClH/c1-5-12(4)16(18)17(22)20-14-8-6-13(7-9-14)19-15(21)10-11(2)3;/h6-9,11-12,16H,5,10,18H2,1-4H3,(H,19,21)(H,20,22);1H. The van der Waals surface area contributed by atoms with E-state index in [0.29, 0.717) is 18.0 Å². The van der Waals surface area contributed by atoms with Crippen molar-refractivity contribution in [3.05, 3.63) is 24.3 Å². The second-order valence-electron chi connectivity index (χ2n) is 6.12.